The monoisotopic (exact) mass is 284 g/mol. The summed E-state index contributed by atoms with van der Waals surface area (Å²) in [4.78, 5) is 0.314. The van der Waals surface area contributed by atoms with Gasteiger partial charge in [-0.3, -0.25) is 0 Å². The molecule has 0 aliphatic heterocycles. The van der Waals surface area contributed by atoms with Crippen LogP contribution >= 0.6 is 0 Å². The topological polar surface area (TPSA) is 58.2 Å². The molecule has 19 heavy (non-hydrogen) atoms. The van der Waals surface area contributed by atoms with Gasteiger partial charge in [-0.2, -0.15) is 0 Å². The Morgan fingerprint density at radius 3 is 2.37 bits per heavy atom. The van der Waals surface area contributed by atoms with Gasteiger partial charge in [-0.05, 0) is 51.9 Å². The maximum atomic E-state index is 12.3. The van der Waals surface area contributed by atoms with Crippen LogP contribution in [0.2, 0.25) is 0 Å². The smallest absolute Gasteiger partial charge is 0.241 e. The Morgan fingerprint density at radius 1 is 1.26 bits per heavy atom. The average molecular weight is 284 g/mol. The van der Waals surface area contributed by atoms with Crippen molar-refractivity contribution in [3.05, 3.63) is 29.8 Å². The zero-order chi connectivity index (χ0) is 14.7. The fourth-order valence-corrected chi connectivity index (χ4v) is 3.44. The van der Waals surface area contributed by atoms with Gasteiger partial charge in [0.2, 0.25) is 10.0 Å². The molecule has 5 heteroatoms. The summed E-state index contributed by atoms with van der Waals surface area (Å²) >= 11 is 0. The Balaban J connectivity index is 3.12. The molecule has 0 amide bonds. The molecule has 1 aromatic rings. The van der Waals surface area contributed by atoms with Crippen molar-refractivity contribution in [2.75, 3.05) is 7.05 Å². The maximum Gasteiger partial charge on any atom is 0.241 e. The molecule has 1 aromatic carbocycles. The van der Waals surface area contributed by atoms with Gasteiger partial charge < -0.3 is 5.32 Å². The van der Waals surface area contributed by atoms with Crippen molar-refractivity contribution in [3.8, 4) is 0 Å². The van der Waals surface area contributed by atoms with Crippen molar-refractivity contribution >= 4 is 10.0 Å². The van der Waals surface area contributed by atoms with Gasteiger partial charge in [-0.15, -0.1) is 0 Å². The first-order valence-electron chi connectivity index (χ1n) is 6.51. The normalized spacial score (nSPS) is 14.4. The minimum Gasteiger partial charge on any atom is -0.313 e. The minimum atomic E-state index is -3.47. The quantitative estimate of drug-likeness (QED) is 0.873. The van der Waals surface area contributed by atoms with Crippen LogP contribution < -0.4 is 10.0 Å². The lowest BCUT2D eigenvalue weighted by atomic mass is 10.1. The second kappa shape index (κ2) is 6.03. The van der Waals surface area contributed by atoms with Crippen LogP contribution in [0.15, 0.2) is 29.2 Å². The molecule has 108 valence electrons. The molecule has 4 nitrogen and oxygen atoms in total. The molecule has 1 atom stereocenters. The van der Waals surface area contributed by atoms with Crippen LogP contribution in [0.3, 0.4) is 0 Å². The molecule has 0 radical (unpaired) electrons. The number of rotatable bonds is 5. The molecule has 0 spiro atoms. The first kappa shape index (κ1) is 16.1. The van der Waals surface area contributed by atoms with Crippen LogP contribution in [0.4, 0.5) is 0 Å². The fraction of sp³-hybridized carbons (Fsp3) is 0.571. The maximum absolute atomic E-state index is 12.3. The largest absolute Gasteiger partial charge is 0.313 e. The summed E-state index contributed by atoms with van der Waals surface area (Å²) in [7, 11) is -1.59. The highest BCUT2D eigenvalue weighted by Gasteiger charge is 2.22. The molecule has 0 aliphatic carbocycles. The number of nitrogens with one attached hydrogen (secondary N) is 2. The van der Waals surface area contributed by atoms with E-state index in [-0.39, 0.29) is 6.04 Å². The van der Waals surface area contributed by atoms with Crippen LogP contribution in [-0.2, 0) is 10.0 Å². The summed E-state index contributed by atoms with van der Waals surface area (Å²) in [5.41, 5.74) is 0.504. The van der Waals surface area contributed by atoms with E-state index in [4.69, 9.17) is 0 Å². The van der Waals surface area contributed by atoms with Crippen LogP contribution in [0, 0.1) is 0 Å². The van der Waals surface area contributed by atoms with Crippen LogP contribution in [-0.4, -0.2) is 21.0 Å². The van der Waals surface area contributed by atoms with E-state index in [1.807, 2.05) is 33.9 Å². The lowest BCUT2D eigenvalue weighted by molar-refractivity contribution is 0.491. The molecule has 0 saturated heterocycles. The number of hydrogen-bond donors (Lipinski definition) is 2. The van der Waals surface area contributed by atoms with E-state index in [1.54, 1.807) is 18.2 Å². The number of benzene rings is 1. The first-order chi connectivity index (χ1) is 8.69. The molecule has 0 saturated carbocycles. The number of hydrogen-bond acceptors (Lipinski definition) is 3. The van der Waals surface area contributed by atoms with Crippen molar-refractivity contribution in [2.24, 2.45) is 0 Å². The molecule has 0 fully saturated rings. The van der Waals surface area contributed by atoms with E-state index >= 15 is 0 Å². The van der Waals surface area contributed by atoms with E-state index in [9.17, 15) is 8.42 Å². The van der Waals surface area contributed by atoms with Crippen molar-refractivity contribution in [1.82, 2.24) is 10.0 Å². The predicted octanol–water partition coefficient (Wildman–Crippen LogP) is 2.43. The molecule has 0 aliphatic rings. The molecular weight excluding hydrogens is 260 g/mol. The van der Waals surface area contributed by atoms with Gasteiger partial charge in [0.25, 0.3) is 0 Å². The predicted molar refractivity (Wildman–Crippen MR) is 78.6 cm³/mol. The van der Waals surface area contributed by atoms with E-state index < -0.39 is 15.6 Å². The van der Waals surface area contributed by atoms with E-state index in [1.165, 1.54) is 0 Å². The highest BCUT2D eigenvalue weighted by Crippen LogP contribution is 2.20. The third-order valence-electron chi connectivity index (χ3n) is 2.77. The minimum absolute atomic E-state index is 0.171. The molecule has 1 rings (SSSR count). The Labute approximate surface area is 116 Å². The van der Waals surface area contributed by atoms with Gasteiger partial charge in [-0.1, -0.05) is 19.1 Å². The van der Waals surface area contributed by atoms with Gasteiger partial charge in [0.05, 0.1) is 4.90 Å². The Bertz CT molecular complexity index is 514. The van der Waals surface area contributed by atoms with Crippen molar-refractivity contribution in [1.29, 1.82) is 0 Å². The Morgan fingerprint density at radius 2 is 1.89 bits per heavy atom. The Kier molecular flexibility index (Phi) is 5.12. The molecule has 0 bridgehead atoms. The molecule has 0 aromatic heterocycles. The first-order valence-corrected chi connectivity index (χ1v) is 7.99. The zero-order valence-electron chi connectivity index (χ0n) is 12.3. The van der Waals surface area contributed by atoms with Crippen LogP contribution in [0.5, 0.6) is 0 Å². The van der Waals surface area contributed by atoms with Crippen molar-refractivity contribution in [3.63, 3.8) is 0 Å². The van der Waals surface area contributed by atoms with Gasteiger partial charge >= 0.3 is 0 Å². The molecule has 2 N–H and O–H groups in total. The average Bonchev–Trinajstić information content (AvgIpc) is 2.28. The summed E-state index contributed by atoms with van der Waals surface area (Å²) < 4.78 is 27.2. The highest BCUT2D eigenvalue weighted by atomic mass is 32.2. The fourth-order valence-electron chi connectivity index (χ4n) is 1.97. The van der Waals surface area contributed by atoms with Gasteiger partial charge in [0.1, 0.15) is 0 Å². The van der Waals surface area contributed by atoms with Gasteiger partial charge in [0, 0.05) is 11.6 Å². The second-order valence-electron chi connectivity index (χ2n) is 5.68. The van der Waals surface area contributed by atoms with Gasteiger partial charge in [0.15, 0.2) is 0 Å². The second-order valence-corrected chi connectivity index (χ2v) is 7.36. The van der Waals surface area contributed by atoms with E-state index in [0.717, 1.165) is 12.0 Å². The third kappa shape index (κ3) is 4.60. The van der Waals surface area contributed by atoms with Gasteiger partial charge in [-0.25, -0.2) is 13.1 Å². The summed E-state index contributed by atoms with van der Waals surface area (Å²) in [5.74, 6) is 0. The SMILES string of the molecule is CCC(NC)c1cccc(S(=O)(=O)NC(C)(C)C)c1. The Hall–Kier alpha value is -0.910. The summed E-state index contributed by atoms with van der Waals surface area (Å²) in [6, 6.07) is 7.26. The molecule has 1 unspecified atom stereocenters. The highest BCUT2D eigenvalue weighted by molar-refractivity contribution is 7.89. The molecular formula is C14H24N2O2S. The van der Waals surface area contributed by atoms with Crippen molar-refractivity contribution < 1.29 is 8.42 Å². The standard InChI is InChI=1S/C14H24N2O2S/c1-6-13(15-5)11-8-7-9-12(10-11)19(17,18)16-14(2,3)4/h7-10,13,15-16H,6H2,1-5H3. The summed E-state index contributed by atoms with van der Waals surface area (Å²) in [6.07, 6.45) is 0.909. The van der Waals surface area contributed by atoms with E-state index in [2.05, 4.69) is 17.0 Å². The number of sulfonamides is 1. The van der Waals surface area contributed by atoms with E-state index in [0.29, 0.717) is 4.90 Å². The third-order valence-corrected chi connectivity index (χ3v) is 4.52. The summed E-state index contributed by atoms with van der Waals surface area (Å²) in [6.45, 7) is 7.56. The molecule has 0 heterocycles. The lowest BCUT2D eigenvalue weighted by Gasteiger charge is -2.21. The van der Waals surface area contributed by atoms with Crippen LogP contribution in [0.1, 0.15) is 45.7 Å². The summed E-state index contributed by atoms with van der Waals surface area (Å²) in [5, 5.41) is 3.18. The van der Waals surface area contributed by atoms with Crippen LogP contribution in [0.25, 0.3) is 0 Å². The zero-order valence-corrected chi connectivity index (χ0v) is 13.1. The lowest BCUT2D eigenvalue weighted by Crippen LogP contribution is -2.40. The van der Waals surface area contributed by atoms with Crippen molar-refractivity contribution in [2.45, 2.75) is 50.6 Å².